The van der Waals surface area contributed by atoms with E-state index in [9.17, 15) is 8.42 Å². The first-order valence-electron chi connectivity index (χ1n) is 7.28. The molecule has 0 bridgehead atoms. The molecule has 0 amide bonds. The fourth-order valence-electron chi connectivity index (χ4n) is 2.97. The van der Waals surface area contributed by atoms with Crippen molar-refractivity contribution in [3.05, 3.63) is 66.9 Å². The Morgan fingerprint density at radius 3 is 2.78 bits per heavy atom. The Labute approximate surface area is 134 Å². The largest absolute Gasteiger partial charge is 0.451 e. The van der Waals surface area contributed by atoms with Gasteiger partial charge in [-0.1, -0.05) is 18.2 Å². The van der Waals surface area contributed by atoms with Crippen LogP contribution in [0.5, 0.6) is 0 Å². The van der Waals surface area contributed by atoms with Gasteiger partial charge in [-0.15, -0.1) is 0 Å². The van der Waals surface area contributed by atoms with E-state index in [1.165, 1.54) is 16.6 Å². The van der Waals surface area contributed by atoms with Crippen LogP contribution in [0.1, 0.15) is 11.6 Å². The fraction of sp³-hybridized carbons (Fsp3) is 0.188. The standard InChI is InChI=1S/C16H15N3O3S/c20-23(21,16-6-3-9-22-16)19-11-14(18-8-7-17-12-18)10-13-4-1-2-5-15(13)19/h1-9,12,14H,10-11H2/t14-/m0/s1. The first kappa shape index (κ1) is 14.1. The predicted octanol–water partition coefficient (Wildman–Crippen LogP) is 2.47. The molecule has 0 fully saturated rings. The molecule has 1 aromatic carbocycles. The van der Waals surface area contributed by atoms with Gasteiger partial charge in [0.05, 0.1) is 30.9 Å². The highest BCUT2D eigenvalue weighted by Crippen LogP contribution is 2.35. The molecule has 3 aromatic rings. The zero-order valence-electron chi connectivity index (χ0n) is 12.2. The minimum atomic E-state index is -3.72. The molecule has 0 unspecified atom stereocenters. The number of anilines is 1. The lowest BCUT2D eigenvalue weighted by Gasteiger charge is -2.35. The molecule has 0 saturated carbocycles. The maximum atomic E-state index is 12.9. The molecule has 0 aliphatic carbocycles. The minimum Gasteiger partial charge on any atom is -0.451 e. The van der Waals surface area contributed by atoms with Gasteiger partial charge in [0.25, 0.3) is 10.0 Å². The molecule has 1 aliphatic heterocycles. The number of nitrogens with zero attached hydrogens (tertiary/aromatic N) is 3. The van der Waals surface area contributed by atoms with Crippen LogP contribution in [0.3, 0.4) is 0 Å². The van der Waals surface area contributed by atoms with Gasteiger partial charge in [-0.05, 0) is 30.2 Å². The number of benzene rings is 1. The summed E-state index contributed by atoms with van der Waals surface area (Å²) in [7, 11) is -3.72. The summed E-state index contributed by atoms with van der Waals surface area (Å²) >= 11 is 0. The summed E-state index contributed by atoms with van der Waals surface area (Å²) in [6, 6.07) is 10.6. The van der Waals surface area contributed by atoms with E-state index in [1.807, 2.05) is 35.0 Å². The van der Waals surface area contributed by atoms with Gasteiger partial charge in [-0.3, -0.25) is 4.31 Å². The van der Waals surface area contributed by atoms with Crippen molar-refractivity contribution in [2.24, 2.45) is 0 Å². The Hall–Kier alpha value is -2.54. The van der Waals surface area contributed by atoms with Crippen LogP contribution in [0, 0.1) is 0 Å². The number of para-hydroxylation sites is 1. The van der Waals surface area contributed by atoms with Gasteiger partial charge in [-0.2, -0.15) is 8.42 Å². The molecule has 0 saturated heterocycles. The average molecular weight is 329 g/mol. The minimum absolute atomic E-state index is 0.00265. The SMILES string of the molecule is O=S(=O)(c1ccco1)N1C[C@@H](n2ccnc2)Cc2ccccc21. The number of hydrogen-bond donors (Lipinski definition) is 0. The van der Waals surface area contributed by atoms with Gasteiger partial charge in [-0.25, -0.2) is 4.98 Å². The van der Waals surface area contributed by atoms with Crippen molar-refractivity contribution in [3.8, 4) is 0 Å². The summed E-state index contributed by atoms with van der Waals surface area (Å²) in [5.74, 6) is 0. The monoisotopic (exact) mass is 329 g/mol. The fourth-order valence-corrected chi connectivity index (χ4v) is 4.42. The lowest BCUT2D eigenvalue weighted by molar-refractivity contribution is 0.441. The van der Waals surface area contributed by atoms with E-state index in [4.69, 9.17) is 4.42 Å². The first-order chi connectivity index (χ1) is 11.2. The van der Waals surface area contributed by atoms with E-state index in [-0.39, 0.29) is 11.1 Å². The second kappa shape index (κ2) is 5.27. The third-order valence-corrected chi connectivity index (χ3v) is 5.75. The number of furan rings is 1. The van der Waals surface area contributed by atoms with Crippen LogP contribution in [0.4, 0.5) is 5.69 Å². The molecule has 4 rings (SSSR count). The third kappa shape index (κ3) is 2.33. The molecule has 1 aliphatic rings. The van der Waals surface area contributed by atoms with Gasteiger partial charge < -0.3 is 8.98 Å². The van der Waals surface area contributed by atoms with Crippen LogP contribution in [-0.2, 0) is 16.4 Å². The Balaban J connectivity index is 1.82. The van der Waals surface area contributed by atoms with Gasteiger partial charge in [0.2, 0.25) is 5.09 Å². The summed E-state index contributed by atoms with van der Waals surface area (Å²) in [5.41, 5.74) is 1.70. The van der Waals surface area contributed by atoms with Crippen molar-refractivity contribution in [1.82, 2.24) is 9.55 Å². The Morgan fingerprint density at radius 2 is 2.04 bits per heavy atom. The average Bonchev–Trinajstić information content (AvgIpc) is 3.27. The molecule has 2 aromatic heterocycles. The highest BCUT2D eigenvalue weighted by molar-refractivity contribution is 7.92. The summed E-state index contributed by atoms with van der Waals surface area (Å²) in [6.07, 6.45) is 7.41. The van der Waals surface area contributed by atoms with Crippen molar-refractivity contribution in [2.75, 3.05) is 10.8 Å². The van der Waals surface area contributed by atoms with Crippen molar-refractivity contribution in [1.29, 1.82) is 0 Å². The Bertz CT molecular complexity index is 902. The van der Waals surface area contributed by atoms with E-state index in [2.05, 4.69) is 4.98 Å². The summed E-state index contributed by atoms with van der Waals surface area (Å²) in [5, 5.41) is -0.0430. The van der Waals surface area contributed by atoms with Gasteiger partial charge >= 0.3 is 0 Å². The second-order valence-corrected chi connectivity index (χ2v) is 7.26. The van der Waals surface area contributed by atoms with E-state index < -0.39 is 10.0 Å². The Morgan fingerprint density at radius 1 is 1.17 bits per heavy atom. The molecule has 7 heteroatoms. The highest BCUT2D eigenvalue weighted by atomic mass is 32.2. The maximum Gasteiger partial charge on any atom is 0.297 e. The van der Waals surface area contributed by atoms with E-state index in [0.29, 0.717) is 12.2 Å². The molecule has 3 heterocycles. The van der Waals surface area contributed by atoms with Crippen LogP contribution >= 0.6 is 0 Å². The Kier molecular flexibility index (Phi) is 3.23. The lowest BCUT2D eigenvalue weighted by Crippen LogP contribution is -2.40. The quantitative estimate of drug-likeness (QED) is 0.740. The zero-order valence-corrected chi connectivity index (χ0v) is 13.1. The summed E-state index contributed by atoms with van der Waals surface area (Å²) < 4.78 is 34.4. The molecule has 118 valence electrons. The van der Waals surface area contributed by atoms with Crippen molar-refractivity contribution >= 4 is 15.7 Å². The van der Waals surface area contributed by atoms with Crippen molar-refractivity contribution in [3.63, 3.8) is 0 Å². The van der Waals surface area contributed by atoms with Crippen molar-refractivity contribution in [2.45, 2.75) is 17.6 Å². The zero-order chi connectivity index (χ0) is 15.9. The molecule has 23 heavy (non-hydrogen) atoms. The lowest BCUT2D eigenvalue weighted by atomic mass is 10.00. The van der Waals surface area contributed by atoms with Gasteiger partial charge in [0.15, 0.2) is 0 Å². The normalized spacial score (nSPS) is 17.9. The van der Waals surface area contributed by atoms with E-state index in [1.54, 1.807) is 18.6 Å². The van der Waals surface area contributed by atoms with Crippen LogP contribution in [0.2, 0.25) is 0 Å². The molecule has 1 atom stereocenters. The molecule has 6 nitrogen and oxygen atoms in total. The summed E-state index contributed by atoms with van der Waals surface area (Å²) in [6.45, 7) is 0.344. The molecule has 0 radical (unpaired) electrons. The molecule has 0 spiro atoms. The third-order valence-electron chi connectivity index (χ3n) is 4.08. The smallest absolute Gasteiger partial charge is 0.297 e. The molecule has 0 N–H and O–H groups in total. The van der Waals surface area contributed by atoms with Crippen LogP contribution in [0.15, 0.2) is 70.9 Å². The number of rotatable bonds is 3. The highest BCUT2D eigenvalue weighted by Gasteiger charge is 2.35. The number of imidazole rings is 1. The van der Waals surface area contributed by atoms with Crippen LogP contribution < -0.4 is 4.31 Å². The van der Waals surface area contributed by atoms with E-state index in [0.717, 1.165) is 12.0 Å². The van der Waals surface area contributed by atoms with Crippen LogP contribution in [-0.4, -0.2) is 24.5 Å². The molecular formula is C16H15N3O3S. The maximum absolute atomic E-state index is 12.9. The van der Waals surface area contributed by atoms with Gasteiger partial charge in [0, 0.05) is 12.4 Å². The first-order valence-corrected chi connectivity index (χ1v) is 8.72. The number of fused-ring (bicyclic) bond motifs is 1. The summed E-state index contributed by atoms with van der Waals surface area (Å²) in [4.78, 5) is 4.07. The van der Waals surface area contributed by atoms with Gasteiger partial charge in [0.1, 0.15) is 0 Å². The number of sulfonamides is 1. The second-order valence-electron chi connectivity index (χ2n) is 5.46. The molecular weight excluding hydrogens is 314 g/mol. The van der Waals surface area contributed by atoms with Crippen LogP contribution in [0.25, 0.3) is 0 Å². The van der Waals surface area contributed by atoms with E-state index >= 15 is 0 Å². The van der Waals surface area contributed by atoms with Crippen molar-refractivity contribution < 1.29 is 12.8 Å². The predicted molar refractivity (Wildman–Crippen MR) is 84.6 cm³/mol. The number of hydrogen-bond acceptors (Lipinski definition) is 4. The topological polar surface area (TPSA) is 68.3 Å². The number of aromatic nitrogens is 2.